The molecule has 4 rings (SSSR count). The molecule has 0 spiro atoms. The predicted molar refractivity (Wildman–Crippen MR) is 86.9 cm³/mol. The lowest BCUT2D eigenvalue weighted by Crippen LogP contribution is -2.28. The number of benzene rings is 1. The first-order valence-electron chi connectivity index (χ1n) is 7.81. The van der Waals surface area contributed by atoms with Crippen LogP contribution in [0.1, 0.15) is 36.8 Å². The fraction of sp³-hybridized carbons (Fsp3) is 0.625. The van der Waals surface area contributed by atoms with E-state index >= 15 is 0 Å². The average molecular weight is 342 g/mol. The maximum atomic E-state index is 12.4. The number of hydrogen-bond donors (Lipinski definition) is 0. The molecule has 122 valence electrons. The van der Waals surface area contributed by atoms with Crippen LogP contribution in [0.2, 0.25) is 0 Å². The lowest BCUT2D eigenvalue weighted by Gasteiger charge is -2.29. The van der Waals surface area contributed by atoms with Crippen molar-refractivity contribution < 1.29 is 16.8 Å². The van der Waals surface area contributed by atoms with Crippen molar-refractivity contribution in [3.8, 4) is 0 Å². The minimum Gasteiger partial charge on any atom is -0.228 e. The second-order valence-corrected chi connectivity index (χ2v) is 11.0. The predicted octanol–water partition coefficient (Wildman–Crippen LogP) is 2.34. The molecule has 0 amide bonds. The quantitative estimate of drug-likeness (QED) is 0.726. The molecular formula is C16H22O4S2. The van der Waals surface area contributed by atoms with E-state index in [2.05, 4.69) is 0 Å². The molecule has 22 heavy (non-hydrogen) atoms. The van der Waals surface area contributed by atoms with Crippen molar-refractivity contribution in [2.75, 3.05) is 11.5 Å². The van der Waals surface area contributed by atoms with E-state index in [-0.39, 0.29) is 34.8 Å². The van der Waals surface area contributed by atoms with Crippen molar-refractivity contribution in [3.05, 3.63) is 35.4 Å². The summed E-state index contributed by atoms with van der Waals surface area (Å²) in [5, 5.41) is 0. The minimum atomic E-state index is -3.19. The summed E-state index contributed by atoms with van der Waals surface area (Å²) < 4.78 is 49.8. The van der Waals surface area contributed by atoms with Gasteiger partial charge in [0.25, 0.3) is 0 Å². The fourth-order valence-corrected chi connectivity index (χ4v) is 7.56. The lowest BCUT2D eigenvalue weighted by atomic mass is 9.84. The molecule has 0 unspecified atom stereocenters. The van der Waals surface area contributed by atoms with Crippen LogP contribution in [0.25, 0.3) is 0 Å². The molecule has 1 aromatic carbocycles. The first-order chi connectivity index (χ1) is 10.3. The molecule has 0 radical (unpaired) electrons. The zero-order valence-electron chi connectivity index (χ0n) is 12.6. The summed E-state index contributed by atoms with van der Waals surface area (Å²) in [6, 6.07) is 7.04. The standard InChI is InChI=1S/C16H22O4S2/c17-21(18)9-13-5-7-14(8-6-13)10-22(19,20)12-16-4-2-1-3-15(16)11-21/h1-4,13-14H,5-12H2. The summed E-state index contributed by atoms with van der Waals surface area (Å²) in [7, 11) is -6.38. The molecule has 0 atom stereocenters. The number of fused-ring (bicyclic) bond motifs is 6. The van der Waals surface area contributed by atoms with Gasteiger partial charge in [-0.2, -0.15) is 0 Å². The second-order valence-electron chi connectivity index (χ2n) is 6.76. The van der Waals surface area contributed by atoms with Gasteiger partial charge < -0.3 is 0 Å². The van der Waals surface area contributed by atoms with Gasteiger partial charge in [-0.05, 0) is 48.6 Å². The number of sulfone groups is 2. The van der Waals surface area contributed by atoms with Gasteiger partial charge in [0.05, 0.1) is 23.0 Å². The van der Waals surface area contributed by atoms with Crippen LogP contribution in [0.5, 0.6) is 0 Å². The Bertz CT molecular complexity index is 677. The van der Waals surface area contributed by atoms with Crippen LogP contribution in [0.15, 0.2) is 24.3 Å². The Morgan fingerprint density at radius 2 is 1.05 bits per heavy atom. The Morgan fingerprint density at radius 3 is 1.41 bits per heavy atom. The number of hydrogen-bond acceptors (Lipinski definition) is 4. The molecule has 1 fully saturated rings. The Labute approximate surface area is 132 Å². The SMILES string of the molecule is O=S1(=O)Cc2ccccc2CS(=O)(=O)CC2CCC(CC2)C1. The summed E-state index contributed by atoms with van der Waals surface area (Å²) in [4.78, 5) is 0. The van der Waals surface area contributed by atoms with Gasteiger partial charge in [0.1, 0.15) is 0 Å². The molecule has 0 aromatic heterocycles. The summed E-state index contributed by atoms with van der Waals surface area (Å²) in [5.41, 5.74) is 1.28. The monoisotopic (exact) mass is 342 g/mol. The molecule has 2 heterocycles. The summed E-state index contributed by atoms with van der Waals surface area (Å²) in [5.74, 6) is 0.768. The van der Waals surface area contributed by atoms with Gasteiger partial charge in [-0.1, -0.05) is 24.3 Å². The van der Waals surface area contributed by atoms with Crippen molar-refractivity contribution >= 4 is 19.7 Å². The van der Waals surface area contributed by atoms with Gasteiger partial charge in [0.2, 0.25) is 0 Å². The molecule has 2 bridgehead atoms. The average Bonchev–Trinajstić information content (AvgIpc) is 2.41. The first kappa shape index (κ1) is 16.0. The molecule has 0 saturated heterocycles. The van der Waals surface area contributed by atoms with Crippen LogP contribution in [-0.4, -0.2) is 28.3 Å². The highest BCUT2D eigenvalue weighted by atomic mass is 32.2. The lowest BCUT2D eigenvalue weighted by molar-refractivity contribution is 0.309. The van der Waals surface area contributed by atoms with Gasteiger partial charge in [-0.15, -0.1) is 0 Å². The molecule has 2 aliphatic heterocycles. The molecular weight excluding hydrogens is 320 g/mol. The molecule has 0 N–H and O–H groups in total. The van der Waals surface area contributed by atoms with Crippen LogP contribution in [0, 0.1) is 11.8 Å². The summed E-state index contributed by atoms with van der Waals surface area (Å²) in [6.07, 6.45) is 3.34. The third-order valence-electron chi connectivity index (χ3n) is 4.81. The van der Waals surface area contributed by atoms with Crippen molar-refractivity contribution in [3.63, 3.8) is 0 Å². The highest BCUT2D eigenvalue weighted by molar-refractivity contribution is 7.91. The molecule has 6 heteroatoms. The summed E-state index contributed by atoms with van der Waals surface area (Å²) in [6.45, 7) is 0. The molecule has 4 nitrogen and oxygen atoms in total. The third kappa shape index (κ3) is 3.90. The molecule has 1 aliphatic carbocycles. The van der Waals surface area contributed by atoms with Gasteiger partial charge in [0.15, 0.2) is 19.7 Å². The van der Waals surface area contributed by atoms with Gasteiger partial charge in [0, 0.05) is 0 Å². The van der Waals surface area contributed by atoms with Crippen LogP contribution >= 0.6 is 0 Å². The molecule has 1 aromatic rings. The van der Waals surface area contributed by atoms with Crippen LogP contribution in [-0.2, 0) is 31.2 Å². The van der Waals surface area contributed by atoms with Gasteiger partial charge >= 0.3 is 0 Å². The van der Waals surface area contributed by atoms with E-state index in [0.717, 1.165) is 25.7 Å². The first-order valence-corrected chi connectivity index (χ1v) is 11.4. The normalized spacial score (nSPS) is 30.7. The fourth-order valence-electron chi connectivity index (χ4n) is 3.71. The van der Waals surface area contributed by atoms with Crippen molar-refractivity contribution in [2.45, 2.75) is 37.2 Å². The second kappa shape index (κ2) is 5.96. The van der Waals surface area contributed by atoms with Crippen LogP contribution in [0.4, 0.5) is 0 Å². The third-order valence-corrected chi connectivity index (χ3v) is 8.28. The number of rotatable bonds is 0. The molecule has 3 aliphatic rings. The zero-order valence-corrected chi connectivity index (χ0v) is 14.2. The van der Waals surface area contributed by atoms with Crippen LogP contribution < -0.4 is 0 Å². The summed E-state index contributed by atoms with van der Waals surface area (Å²) >= 11 is 0. The Balaban J connectivity index is 2.01. The van der Waals surface area contributed by atoms with Crippen molar-refractivity contribution in [1.82, 2.24) is 0 Å². The Morgan fingerprint density at radius 1 is 0.682 bits per heavy atom. The zero-order chi connectivity index (χ0) is 15.8. The topological polar surface area (TPSA) is 68.3 Å². The van der Waals surface area contributed by atoms with E-state index in [4.69, 9.17) is 0 Å². The van der Waals surface area contributed by atoms with E-state index in [1.165, 1.54) is 0 Å². The highest BCUT2D eigenvalue weighted by Crippen LogP contribution is 2.32. The maximum absolute atomic E-state index is 12.4. The van der Waals surface area contributed by atoms with E-state index in [1.807, 2.05) is 0 Å². The largest absolute Gasteiger partial charge is 0.228 e. The van der Waals surface area contributed by atoms with Gasteiger partial charge in [-0.3, -0.25) is 0 Å². The van der Waals surface area contributed by atoms with E-state index in [1.54, 1.807) is 24.3 Å². The minimum absolute atomic E-state index is 0.0430. The maximum Gasteiger partial charge on any atom is 0.154 e. The van der Waals surface area contributed by atoms with Crippen molar-refractivity contribution in [2.24, 2.45) is 11.8 Å². The smallest absolute Gasteiger partial charge is 0.154 e. The van der Waals surface area contributed by atoms with Crippen molar-refractivity contribution in [1.29, 1.82) is 0 Å². The Kier molecular flexibility index (Phi) is 4.34. The van der Waals surface area contributed by atoms with Gasteiger partial charge in [-0.25, -0.2) is 16.8 Å². The highest BCUT2D eigenvalue weighted by Gasteiger charge is 2.30. The van der Waals surface area contributed by atoms with E-state index in [0.29, 0.717) is 11.1 Å². The Hall–Kier alpha value is -0.880. The van der Waals surface area contributed by atoms with E-state index in [9.17, 15) is 16.8 Å². The van der Waals surface area contributed by atoms with Crippen LogP contribution in [0.3, 0.4) is 0 Å². The van der Waals surface area contributed by atoms with E-state index < -0.39 is 19.7 Å². The molecule has 1 saturated carbocycles.